The predicted molar refractivity (Wildman–Crippen MR) is 275 cm³/mol. The van der Waals surface area contributed by atoms with Gasteiger partial charge in [0.15, 0.2) is 23.8 Å². The number of halogens is 3. The van der Waals surface area contributed by atoms with Gasteiger partial charge in [-0.25, -0.2) is 9.50 Å². The zero-order valence-corrected chi connectivity index (χ0v) is 42.7. The van der Waals surface area contributed by atoms with Crippen molar-refractivity contribution in [1.29, 1.82) is 0 Å². The van der Waals surface area contributed by atoms with Crippen molar-refractivity contribution in [2.45, 2.75) is 96.3 Å². The Hall–Kier alpha value is -7.89. The number of piperazine rings is 1. The van der Waals surface area contributed by atoms with E-state index < -0.39 is 47.9 Å². The molecule has 0 spiro atoms. The summed E-state index contributed by atoms with van der Waals surface area (Å²) in [4.78, 5) is 111. The lowest BCUT2D eigenvalue weighted by molar-refractivity contribution is -0.138. The van der Waals surface area contributed by atoms with Gasteiger partial charge in [-0.2, -0.15) is 18.3 Å². The first-order valence-corrected chi connectivity index (χ1v) is 25.8. The Morgan fingerprint density at radius 3 is 2.38 bits per heavy atom. The Bertz CT molecular complexity index is 3150. The van der Waals surface area contributed by atoms with E-state index in [1.807, 2.05) is 11.8 Å². The minimum Gasteiger partial charge on any atom is -0.483 e. The highest BCUT2D eigenvalue weighted by atomic mass is 19.4. The van der Waals surface area contributed by atoms with Crippen molar-refractivity contribution in [2.75, 3.05) is 52.4 Å². The van der Waals surface area contributed by atoms with Crippen molar-refractivity contribution >= 4 is 52.4 Å². The minimum absolute atomic E-state index is 0.0274. The van der Waals surface area contributed by atoms with E-state index in [1.54, 1.807) is 53.3 Å². The van der Waals surface area contributed by atoms with Crippen molar-refractivity contribution in [3.63, 3.8) is 0 Å². The molecule has 1 saturated heterocycles. The number of nitrogens with zero attached hydrogens (tertiary/aromatic N) is 6. The number of ether oxygens (including phenoxy) is 1. The molecule has 402 valence electrons. The summed E-state index contributed by atoms with van der Waals surface area (Å²) in [7, 11) is 0. The third kappa shape index (κ3) is 14.3. The summed E-state index contributed by atoms with van der Waals surface area (Å²) in [5, 5.41) is 9.85. The number of benzene rings is 3. The molecule has 8 rings (SSSR count). The van der Waals surface area contributed by atoms with Crippen LogP contribution in [0.1, 0.15) is 129 Å². The maximum atomic E-state index is 14.4. The molecule has 0 bridgehead atoms. The number of alkyl halides is 3. The molecule has 3 aromatic carbocycles. The summed E-state index contributed by atoms with van der Waals surface area (Å²) >= 11 is 0. The maximum absolute atomic E-state index is 14.4. The normalized spacial score (nSPS) is 16.1. The SMILES string of the molecule is Cc1ccc(C(=O)Cc2ccc(CN3CCN(CCCNC(=O)CCC(=O)CCCCCNC(=O)COc4cccc5c4C(=O)N(C4CCC(=O)CC4=O)C5=O)CC3)c(C(F)(F)F)c2)cc1C#Cc1cnc2cccnn12. The Balaban J connectivity index is 0.672. The van der Waals surface area contributed by atoms with Crippen LogP contribution in [0.25, 0.3) is 5.65 Å². The van der Waals surface area contributed by atoms with Gasteiger partial charge in [-0.1, -0.05) is 42.7 Å². The molecule has 1 aliphatic carbocycles. The van der Waals surface area contributed by atoms with E-state index in [4.69, 9.17) is 4.74 Å². The van der Waals surface area contributed by atoms with Crippen LogP contribution in [0.3, 0.4) is 0 Å². The average molecular weight is 1060 g/mol. The molecule has 1 unspecified atom stereocenters. The van der Waals surface area contributed by atoms with Crippen LogP contribution in [-0.4, -0.2) is 135 Å². The van der Waals surface area contributed by atoms with Crippen LogP contribution < -0.4 is 15.4 Å². The van der Waals surface area contributed by atoms with Gasteiger partial charge >= 0.3 is 6.18 Å². The molecule has 2 N–H and O–H groups in total. The van der Waals surface area contributed by atoms with Gasteiger partial charge in [-0.05, 0) is 98.2 Å². The van der Waals surface area contributed by atoms with Crippen molar-refractivity contribution < 1.29 is 56.3 Å². The number of amides is 4. The van der Waals surface area contributed by atoms with Crippen LogP contribution in [0.15, 0.2) is 79.1 Å². The Kier molecular flexibility index (Phi) is 18.2. The Labute approximate surface area is 442 Å². The summed E-state index contributed by atoms with van der Waals surface area (Å²) in [5.74, 6) is 3.07. The fourth-order valence-corrected chi connectivity index (χ4v) is 9.66. The number of Topliss-reactive ketones (excluding diaryl/α,β-unsaturated/α-hetero) is 4. The molecular weight excluding hydrogens is 998 g/mol. The van der Waals surface area contributed by atoms with Crippen molar-refractivity contribution in [2.24, 2.45) is 0 Å². The zero-order valence-electron chi connectivity index (χ0n) is 42.7. The summed E-state index contributed by atoms with van der Waals surface area (Å²) in [6.45, 7) is 5.41. The molecule has 3 aliphatic rings. The number of imide groups is 1. The van der Waals surface area contributed by atoms with E-state index in [2.05, 4.69) is 37.5 Å². The third-order valence-corrected chi connectivity index (χ3v) is 13.9. The highest BCUT2D eigenvalue weighted by Crippen LogP contribution is 2.36. The van der Waals surface area contributed by atoms with Crippen LogP contribution in [0.4, 0.5) is 13.2 Å². The quantitative estimate of drug-likeness (QED) is 0.0273. The fourth-order valence-electron chi connectivity index (χ4n) is 9.66. The molecule has 1 saturated carbocycles. The van der Waals surface area contributed by atoms with E-state index >= 15 is 0 Å². The van der Waals surface area contributed by atoms with E-state index in [0.29, 0.717) is 100 Å². The topological polar surface area (TPSA) is 210 Å². The second-order valence-corrected chi connectivity index (χ2v) is 19.5. The van der Waals surface area contributed by atoms with Gasteiger partial charge in [-0.15, -0.1) is 0 Å². The van der Waals surface area contributed by atoms with Crippen LogP contribution in [0.5, 0.6) is 5.75 Å². The Morgan fingerprint density at radius 2 is 1.58 bits per heavy atom. The van der Waals surface area contributed by atoms with Gasteiger partial charge in [0.1, 0.15) is 23.0 Å². The first-order chi connectivity index (χ1) is 37.0. The molecule has 17 nitrogen and oxygen atoms in total. The summed E-state index contributed by atoms with van der Waals surface area (Å²) in [6, 6.07) is 16.2. The molecule has 2 aliphatic heterocycles. The van der Waals surface area contributed by atoms with E-state index in [1.165, 1.54) is 24.3 Å². The number of unbranched alkanes of at least 4 members (excludes halogenated alkanes) is 2. The van der Waals surface area contributed by atoms with Gasteiger partial charge in [-0.3, -0.25) is 48.2 Å². The summed E-state index contributed by atoms with van der Waals surface area (Å²) in [5.41, 5.74) is 2.70. The highest BCUT2D eigenvalue weighted by molar-refractivity contribution is 6.24. The summed E-state index contributed by atoms with van der Waals surface area (Å²) < 4.78 is 50.6. The molecule has 2 fully saturated rings. The summed E-state index contributed by atoms with van der Waals surface area (Å²) in [6.07, 6.45) is 1.22. The second kappa shape index (κ2) is 25.3. The van der Waals surface area contributed by atoms with Gasteiger partial charge in [0.2, 0.25) is 5.91 Å². The van der Waals surface area contributed by atoms with Crippen LogP contribution in [0.2, 0.25) is 0 Å². The number of carbonyl (C=O) groups is 8. The number of rotatable bonds is 22. The number of hydrogen-bond acceptors (Lipinski definition) is 13. The first-order valence-electron chi connectivity index (χ1n) is 25.8. The largest absolute Gasteiger partial charge is 0.483 e. The molecule has 5 aromatic rings. The Morgan fingerprint density at radius 1 is 0.805 bits per heavy atom. The number of hydrogen-bond donors (Lipinski definition) is 2. The smallest absolute Gasteiger partial charge is 0.416 e. The number of carbonyl (C=O) groups excluding carboxylic acids is 8. The van der Waals surface area contributed by atoms with Crippen molar-refractivity contribution in [3.05, 3.63) is 129 Å². The van der Waals surface area contributed by atoms with Crippen molar-refractivity contribution in [1.82, 2.24) is 39.9 Å². The monoisotopic (exact) mass is 1060 g/mol. The third-order valence-electron chi connectivity index (χ3n) is 13.9. The van der Waals surface area contributed by atoms with E-state index in [-0.39, 0.29) is 96.3 Å². The van der Waals surface area contributed by atoms with Gasteiger partial charge in [0.25, 0.3) is 17.7 Å². The average Bonchev–Trinajstić information content (AvgIpc) is 3.95. The number of fused-ring (bicyclic) bond motifs is 2. The molecule has 4 amide bonds. The minimum atomic E-state index is -4.62. The lowest BCUT2D eigenvalue weighted by atomic mass is 9.92. The van der Waals surface area contributed by atoms with Gasteiger partial charge < -0.3 is 20.3 Å². The first kappa shape index (κ1) is 55.3. The molecule has 4 heterocycles. The van der Waals surface area contributed by atoms with Crippen molar-refractivity contribution in [3.8, 4) is 17.6 Å². The molecule has 1 atom stereocenters. The number of ketones is 4. The van der Waals surface area contributed by atoms with Crippen LogP contribution >= 0.6 is 0 Å². The number of aryl methyl sites for hydroxylation is 1. The lowest BCUT2D eigenvalue weighted by Gasteiger charge is -2.35. The molecular formula is C57H59F3N8O9. The standard InChI is InChI=1S/C57H59F3N8O9/c1-37-12-14-40(32-39(37)16-17-42-34-63-51-11-6-24-64-68(42)51)48(71)31-38-13-15-41(46(30-38)57(58,59)60)35-66-28-26-65(27-29-66)25-7-23-61-52(73)21-19-43(69)8-3-2-4-22-62-53(74)36-77-50-10-5-9-45-54(50)56(76)67(55(45)75)47-20-18-44(70)33-49(47)72/h5-6,9-15,24,30,32,34,47H,2-4,7-8,18-23,25-29,31,33,35-36H2,1H3,(H,61,73)(H,62,74). The number of nitrogens with one attached hydrogen (secondary N) is 2. The predicted octanol–water partition coefficient (Wildman–Crippen LogP) is 5.90. The maximum Gasteiger partial charge on any atom is 0.416 e. The van der Waals surface area contributed by atoms with E-state index in [0.717, 1.165) is 16.5 Å². The zero-order chi connectivity index (χ0) is 54.6. The number of imidazole rings is 1. The lowest BCUT2D eigenvalue weighted by Crippen LogP contribution is -2.47. The van der Waals surface area contributed by atoms with Gasteiger partial charge in [0, 0.05) is 95.2 Å². The molecule has 20 heteroatoms. The molecule has 2 aromatic heterocycles. The molecule has 0 radical (unpaired) electrons. The number of aromatic nitrogens is 3. The highest BCUT2D eigenvalue weighted by Gasteiger charge is 2.46. The van der Waals surface area contributed by atoms with Gasteiger partial charge in [0.05, 0.1) is 35.3 Å². The van der Waals surface area contributed by atoms with Crippen LogP contribution in [0, 0.1) is 18.8 Å². The van der Waals surface area contributed by atoms with E-state index in [9.17, 15) is 51.5 Å². The fraction of sp³-hybridized carbons (Fsp3) is 0.404. The van der Waals surface area contributed by atoms with Crippen LogP contribution in [-0.2, 0) is 43.1 Å². The second-order valence-electron chi connectivity index (χ2n) is 19.5. The molecule has 77 heavy (non-hydrogen) atoms.